The van der Waals surface area contributed by atoms with E-state index in [2.05, 4.69) is 15.0 Å². The van der Waals surface area contributed by atoms with Crippen molar-refractivity contribution < 1.29 is 4.74 Å². The summed E-state index contributed by atoms with van der Waals surface area (Å²) in [5, 5.41) is 0. The maximum atomic E-state index is 12.4. The number of fused-ring (bicyclic) bond motifs is 1. The molecule has 0 spiro atoms. The number of hydrogen-bond donors (Lipinski definition) is 0. The first kappa shape index (κ1) is 16.0. The van der Waals surface area contributed by atoms with Crippen LogP contribution >= 0.6 is 0 Å². The second-order valence-electron chi connectivity index (χ2n) is 5.83. The zero-order chi connectivity index (χ0) is 17.9. The van der Waals surface area contributed by atoms with E-state index in [1.165, 1.54) is 18.0 Å². The lowest BCUT2D eigenvalue weighted by Gasteiger charge is -2.07. The molecule has 26 heavy (non-hydrogen) atoms. The lowest BCUT2D eigenvalue weighted by molar-refractivity contribution is 0.414. The van der Waals surface area contributed by atoms with Crippen LogP contribution < -0.4 is 10.3 Å². The van der Waals surface area contributed by atoms with Gasteiger partial charge in [0.25, 0.3) is 5.56 Å². The van der Waals surface area contributed by atoms with Crippen molar-refractivity contribution in [2.24, 2.45) is 0 Å². The van der Waals surface area contributed by atoms with Gasteiger partial charge >= 0.3 is 0 Å². The summed E-state index contributed by atoms with van der Waals surface area (Å²) in [6.45, 7) is 0.711. The van der Waals surface area contributed by atoms with Gasteiger partial charge in [0.1, 0.15) is 12.1 Å². The molecule has 0 aliphatic carbocycles. The highest BCUT2D eigenvalue weighted by Crippen LogP contribution is 2.14. The first-order chi connectivity index (χ1) is 12.7. The average Bonchev–Trinajstić information content (AvgIpc) is 3.11. The summed E-state index contributed by atoms with van der Waals surface area (Å²) in [6, 6.07) is 11.2. The fourth-order valence-corrected chi connectivity index (χ4v) is 2.83. The van der Waals surface area contributed by atoms with Crippen LogP contribution in [-0.2, 0) is 13.0 Å². The molecule has 130 valence electrons. The normalized spacial score (nSPS) is 11.0. The van der Waals surface area contributed by atoms with Gasteiger partial charge in [-0.3, -0.25) is 9.20 Å². The molecule has 0 N–H and O–H groups in total. The highest BCUT2D eigenvalue weighted by molar-refractivity contribution is 5.55. The molecule has 3 heterocycles. The van der Waals surface area contributed by atoms with Crippen molar-refractivity contribution in [3.05, 3.63) is 77.2 Å². The molecule has 1 aromatic carbocycles. The highest BCUT2D eigenvalue weighted by Gasteiger charge is 2.09. The molecule has 0 radical (unpaired) electrons. The minimum atomic E-state index is -0.133. The van der Waals surface area contributed by atoms with E-state index in [1.807, 2.05) is 35.0 Å². The summed E-state index contributed by atoms with van der Waals surface area (Å²) in [7, 11) is 1.65. The van der Waals surface area contributed by atoms with Gasteiger partial charge in [0.15, 0.2) is 0 Å². The van der Waals surface area contributed by atoms with E-state index in [4.69, 9.17) is 4.74 Å². The first-order valence-corrected chi connectivity index (χ1v) is 8.22. The van der Waals surface area contributed by atoms with Gasteiger partial charge in [0.05, 0.1) is 18.5 Å². The monoisotopic (exact) mass is 347 g/mol. The molecule has 0 saturated heterocycles. The molecule has 0 amide bonds. The maximum Gasteiger partial charge on any atom is 0.259 e. The Morgan fingerprint density at radius 3 is 2.65 bits per heavy atom. The van der Waals surface area contributed by atoms with Crippen molar-refractivity contribution in [2.45, 2.75) is 13.0 Å². The molecule has 0 saturated carbocycles. The van der Waals surface area contributed by atoms with Crippen molar-refractivity contribution >= 4 is 5.78 Å². The van der Waals surface area contributed by atoms with Crippen molar-refractivity contribution in [3.63, 3.8) is 0 Å². The number of imidazole rings is 1. The Morgan fingerprint density at radius 2 is 1.92 bits per heavy atom. The molecule has 0 bridgehead atoms. The summed E-state index contributed by atoms with van der Waals surface area (Å²) in [5.41, 5.74) is 2.23. The number of aryl methyl sites for hydroxylation is 2. The van der Waals surface area contributed by atoms with Gasteiger partial charge in [-0.05, 0) is 30.2 Å². The predicted molar refractivity (Wildman–Crippen MR) is 97.2 cm³/mol. The Morgan fingerprint density at radius 1 is 1.08 bits per heavy atom. The third-order valence-corrected chi connectivity index (χ3v) is 4.23. The standard InChI is InChI=1S/C19H17N5O2/c1-26-15-4-2-14(3-5-15)7-9-23-10-11-24-18(25)12-17(22-19(23)24)16-6-8-20-13-21-16/h2-6,8,10-13H,7,9H2,1H3. The smallest absolute Gasteiger partial charge is 0.259 e. The second kappa shape index (κ2) is 6.79. The lowest BCUT2D eigenvalue weighted by atomic mass is 10.1. The minimum Gasteiger partial charge on any atom is -0.497 e. The fraction of sp³-hybridized carbons (Fsp3) is 0.158. The van der Waals surface area contributed by atoms with Gasteiger partial charge in [-0.15, -0.1) is 0 Å². The molecule has 0 atom stereocenters. The topological polar surface area (TPSA) is 74.3 Å². The Kier molecular flexibility index (Phi) is 4.18. The van der Waals surface area contributed by atoms with Crippen molar-refractivity contribution in [1.82, 2.24) is 23.9 Å². The summed E-state index contributed by atoms with van der Waals surface area (Å²) in [6.07, 6.45) is 7.51. The van der Waals surface area contributed by atoms with E-state index in [-0.39, 0.29) is 5.56 Å². The number of ether oxygens (including phenoxy) is 1. The van der Waals surface area contributed by atoms with Gasteiger partial charge in [-0.1, -0.05) is 12.1 Å². The predicted octanol–water partition coefficient (Wildman–Crippen LogP) is 2.20. The van der Waals surface area contributed by atoms with Gasteiger partial charge in [0.2, 0.25) is 5.78 Å². The van der Waals surface area contributed by atoms with Crippen molar-refractivity contribution in [1.29, 1.82) is 0 Å². The van der Waals surface area contributed by atoms with Crippen LogP contribution in [0.25, 0.3) is 17.2 Å². The van der Waals surface area contributed by atoms with Gasteiger partial charge in [-0.25, -0.2) is 15.0 Å². The third-order valence-electron chi connectivity index (χ3n) is 4.23. The van der Waals surface area contributed by atoms with Crippen LogP contribution in [0.15, 0.2) is 66.1 Å². The van der Waals surface area contributed by atoms with E-state index in [0.29, 0.717) is 23.7 Å². The molecule has 7 nitrogen and oxygen atoms in total. The van der Waals surface area contributed by atoms with Crippen molar-refractivity contribution in [3.8, 4) is 17.1 Å². The third kappa shape index (κ3) is 3.06. The zero-order valence-corrected chi connectivity index (χ0v) is 14.2. The van der Waals surface area contributed by atoms with Crippen LogP contribution in [0.3, 0.4) is 0 Å². The molecule has 4 aromatic rings. The Balaban J connectivity index is 1.65. The maximum absolute atomic E-state index is 12.4. The van der Waals surface area contributed by atoms with Gasteiger partial charge in [-0.2, -0.15) is 0 Å². The SMILES string of the molecule is COc1ccc(CCn2ccn3c(=O)cc(-c4ccncn4)nc23)cc1. The molecule has 0 fully saturated rings. The Labute approximate surface area is 149 Å². The van der Waals surface area contributed by atoms with Crippen molar-refractivity contribution in [2.75, 3.05) is 7.11 Å². The molecule has 4 rings (SSSR count). The summed E-state index contributed by atoms with van der Waals surface area (Å²) in [4.78, 5) is 25.1. The van der Waals surface area contributed by atoms with Crippen LogP contribution in [0.4, 0.5) is 0 Å². The Hall–Kier alpha value is -3.48. The summed E-state index contributed by atoms with van der Waals surface area (Å²) in [5.74, 6) is 1.43. The molecule has 0 aliphatic rings. The van der Waals surface area contributed by atoms with Crippen LogP contribution in [0.1, 0.15) is 5.56 Å². The second-order valence-corrected chi connectivity index (χ2v) is 5.83. The number of benzene rings is 1. The zero-order valence-electron chi connectivity index (χ0n) is 14.2. The van der Waals surface area contributed by atoms with Gasteiger partial charge < -0.3 is 9.30 Å². The largest absolute Gasteiger partial charge is 0.497 e. The molecular formula is C19H17N5O2. The van der Waals surface area contributed by atoms with Crippen LogP contribution in [0.5, 0.6) is 5.75 Å². The number of nitrogens with zero attached hydrogens (tertiary/aromatic N) is 5. The van der Waals surface area contributed by atoms with E-state index in [0.717, 1.165) is 12.2 Å². The number of hydrogen-bond acceptors (Lipinski definition) is 5. The molecule has 0 aliphatic heterocycles. The lowest BCUT2D eigenvalue weighted by Crippen LogP contribution is -2.14. The fourth-order valence-electron chi connectivity index (χ4n) is 2.83. The summed E-state index contributed by atoms with van der Waals surface area (Å²) >= 11 is 0. The van der Waals surface area contributed by atoms with Crippen LogP contribution in [-0.4, -0.2) is 31.0 Å². The van der Waals surface area contributed by atoms with Gasteiger partial charge in [0, 0.05) is 31.2 Å². The minimum absolute atomic E-state index is 0.133. The molecule has 7 heteroatoms. The van der Waals surface area contributed by atoms with Crippen LogP contribution in [0.2, 0.25) is 0 Å². The van der Waals surface area contributed by atoms with E-state index in [1.54, 1.807) is 30.0 Å². The quantitative estimate of drug-likeness (QED) is 0.553. The first-order valence-electron chi connectivity index (χ1n) is 8.22. The number of aromatic nitrogens is 5. The number of rotatable bonds is 5. The van der Waals surface area contributed by atoms with E-state index < -0.39 is 0 Å². The highest BCUT2D eigenvalue weighted by atomic mass is 16.5. The van der Waals surface area contributed by atoms with E-state index in [9.17, 15) is 4.79 Å². The Bertz CT molecular complexity index is 1080. The van der Waals surface area contributed by atoms with E-state index >= 15 is 0 Å². The molecule has 0 unspecified atom stereocenters. The van der Waals surface area contributed by atoms with Crippen LogP contribution in [0, 0.1) is 0 Å². The average molecular weight is 347 g/mol. The summed E-state index contributed by atoms with van der Waals surface area (Å²) < 4.78 is 8.69. The number of methoxy groups -OCH3 is 1. The molecule has 3 aromatic heterocycles. The molecular weight excluding hydrogens is 330 g/mol.